The van der Waals surface area contributed by atoms with E-state index in [4.69, 9.17) is 11.6 Å². The average molecular weight is 521 g/mol. The molecule has 0 N–H and O–H groups in total. The fourth-order valence-electron chi connectivity index (χ4n) is 4.59. The van der Waals surface area contributed by atoms with Gasteiger partial charge in [-0.2, -0.15) is 10.2 Å². The van der Waals surface area contributed by atoms with E-state index in [9.17, 15) is 9.59 Å². The second kappa shape index (κ2) is 11.1. The molecule has 5 rings (SSSR count). The van der Waals surface area contributed by atoms with Gasteiger partial charge in [-0.15, -0.1) is 0 Å². The second-order valence-electron chi connectivity index (χ2n) is 9.22. The van der Waals surface area contributed by atoms with E-state index in [1.165, 1.54) is 10.9 Å². The minimum absolute atomic E-state index is 0.281. The highest BCUT2D eigenvalue weighted by molar-refractivity contribution is 6.66. The number of hydrogen-bond acceptors (Lipinski definition) is 6. The van der Waals surface area contributed by atoms with Gasteiger partial charge in [0.15, 0.2) is 0 Å². The molecule has 0 spiro atoms. The van der Waals surface area contributed by atoms with Crippen LogP contribution in [0, 0.1) is 0 Å². The zero-order valence-corrected chi connectivity index (χ0v) is 21.5. The maximum absolute atomic E-state index is 13.2. The average Bonchev–Trinajstić information content (AvgIpc) is 3.66. The summed E-state index contributed by atoms with van der Waals surface area (Å²) in [6.45, 7) is 3.63. The Labute approximate surface area is 218 Å². The molecule has 11 heteroatoms. The molecule has 4 heterocycles. The van der Waals surface area contributed by atoms with Crippen LogP contribution in [-0.4, -0.2) is 38.9 Å². The monoisotopic (exact) mass is 520 g/mol. The zero-order valence-electron chi connectivity index (χ0n) is 20.8. The van der Waals surface area contributed by atoms with Gasteiger partial charge in [0.25, 0.3) is 5.56 Å². The molecule has 0 amide bonds. The first-order valence-corrected chi connectivity index (χ1v) is 13.0. The Morgan fingerprint density at radius 3 is 2.54 bits per heavy atom. The van der Waals surface area contributed by atoms with Crippen molar-refractivity contribution in [1.29, 1.82) is 0 Å². The number of rotatable bonds is 11. The van der Waals surface area contributed by atoms with Crippen molar-refractivity contribution in [3.05, 3.63) is 86.8 Å². The summed E-state index contributed by atoms with van der Waals surface area (Å²) in [5.74, 6) is 0.433. The van der Waals surface area contributed by atoms with Crippen molar-refractivity contribution in [1.82, 2.24) is 33.7 Å². The predicted molar refractivity (Wildman–Crippen MR) is 142 cm³/mol. The van der Waals surface area contributed by atoms with Crippen molar-refractivity contribution in [3.63, 3.8) is 0 Å². The Bertz CT molecular complexity index is 1510. The molecule has 1 aliphatic heterocycles. The molecule has 192 valence electrons. The molecule has 0 saturated carbocycles. The van der Waals surface area contributed by atoms with Gasteiger partial charge in [-0.1, -0.05) is 43.5 Å². The number of halogens is 1. The molecule has 0 bridgehead atoms. The molecule has 0 unspecified atom stereocenters. The van der Waals surface area contributed by atoms with Gasteiger partial charge in [0.05, 0.1) is 24.0 Å². The fraction of sp³-hybridized carbons (Fsp3) is 0.385. The van der Waals surface area contributed by atoms with Crippen molar-refractivity contribution in [2.75, 3.05) is 0 Å². The Morgan fingerprint density at radius 2 is 1.78 bits per heavy atom. The lowest BCUT2D eigenvalue weighted by molar-refractivity contribution is 0.513. The summed E-state index contributed by atoms with van der Waals surface area (Å²) in [5.41, 5.74) is 3.05. The van der Waals surface area contributed by atoms with Gasteiger partial charge in [0, 0.05) is 25.7 Å². The highest BCUT2D eigenvalue weighted by Gasteiger charge is 2.24. The first-order chi connectivity index (χ1) is 18.0. The van der Waals surface area contributed by atoms with Gasteiger partial charge < -0.3 is 0 Å². The minimum atomic E-state index is -0.306. The van der Waals surface area contributed by atoms with E-state index >= 15 is 0 Å². The van der Waals surface area contributed by atoms with Crippen LogP contribution in [0.25, 0.3) is 5.69 Å². The van der Waals surface area contributed by atoms with Gasteiger partial charge >= 0.3 is 5.69 Å². The highest BCUT2D eigenvalue weighted by atomic mass is 35.5. The lowest BCUT2D eigenvalue weighted by Gasteiger charge is -2.14. The third-order valence-electron chi connectivity index (χ3n) is 6.52. The topological polar surface area (TPSA) is 105 Å². The summed E-state index contributed by atoms with van der Waals surface area (Å²) in [7, 11) is 0. The van der Waals surface area contributed by atoms with Crippen molar-refractivity contribution < 1.29 is 0 Å². The Kier molecular flexibility index (Phi) is 7.45. The van der Waals surface area contributed by atoms with Crippen LogP contribution in [0.15, 0.2) is 63.9 Å². The molecule has 37 heavy (non-hydrogen) atoms. The summed E-state index contributed by atoms with van der Waals surface area (Å²) < 4.78 is 6.57. The SMILES string of the molecule is CCCCCn1c2c(c(=O)n(CCCc3cnn(Cc4ccc(-n5cncn5)cc4)c3)c1=O)CC(Cl)=N2. The van der Waals surface area contributed by atoms with Crippen LogP contribution >= 0.6 is 11.6 Å². The molecule has 0 radical (unpaired) electrons. The number of fused-ring (bicyclic) bond motifs is 1. The summed E-state index contributed by atoms with van der Waals surface area (Å²) in [4.78, 5) is 34.5. The number of nitrogens with zero attached hydrogens (tertiary/aromatic N) is 8. The Hall–Kier alpha value is -3.79. The highest BCUT2D eigenvalue weighted by Crippen LogP contribution is 2.24. The molecule has 1 aromatic carbocycles. The second-order valence-corrected chi connectivity index (χ2v) is 9.66. The van der Waals surface area contributed by atoms with E-state index in [-0.39, 0.29) is 17.7 Å². The molecular weight excluding hydrogens is 492 g/mol. The maximum atomic E-state index is 13.2. The predicted octanol–water partition coefficient (Wildman–Crippen LogP) is 3.48. The maximum Gasteiger partial charge on any atom is 0.332 e. The Morgan fingerprint density at radius 1 is 0.973 bits per heavy atom. The third kappa shape index (κ3) is 5.48. The van der Waals surface area contributed by atoms with Crippen LogP contribution in [0.5, 0.6) is 0 Å². The van der Waals surface area contributed by atoms with E-state index < -0.39 is 0 Å². The van der Waals surface area contributed by atoms with E-state index in [0.29, 0.717) is 49.0 Å². The molecular formula is C26H29ClN8O2. The summed E-state index contributed by atoms with van der Waals surface area (Å²) in [5, 5.41) is 8.98. The number of benzene rings is 1. The van der Waals surface area contributed by atoms with Crippen molar-refractivity contribution in [3.8, 4) is 5.69 Å². The third-order valence-corrected chi connectivity index (χ3v) is 6.74. The fourth-order valence-corrected chi connectivity index (χ4v) is 4.81. The first kappa shape index (κ1) is 24.9. The molecule has 3 aromatic heterocycles. The van der Waals surface area contributed by atoms with Crippen molar-refractivity contribution in [2.24, 2.45) is 4.99 Å². The van der Waals surface area contributed by atoms with Crippen LogP contribution in [0.2, 0.25) is 0 Å². The molecule has 0 fully saturated rings. The van der Waals surface area contributed by atoms with Crippen LogP contribution in [0.1, 0.15) is 49.3 Å². The standard InChI is InChI=1S/C26H29ClN8O2/c1-2-3-4-11-33-24-22(13-23(27)31-24)25(36)34(26(33)37)12-5-6-20-14-29-32(16-20)15-19-7-9-21(10-8-19)35-18-28-17-30-35/h7-10,14,16-18H,2-6,11-13,15H2,1H3. The van der Waals surface area contributed by atoms with Gasteiger partial charge in [-0.05, 0) is 42.5 Å². The molecule has 0 aliphatic carbocycles. The quantitative estimate of drug-likeness (QED) is 0.281. The molecule has 0 atom stereocenters. The number of aliphatic imine (C=N–C) groups is 1. The van der Waals surface area contributed by atoms with Crippen LogP contribution < -0.4 is 11.2 Å². The zero-order chi connectivity index (χ0) is 25.8. The normalized spacial score (nSPS) is 12.6. The van der Waals surface area contributed by atoms with Gasteiger partial charge in [-0.3, -0.25) is 18.6 Å². The van der Waals surface area contributed by atoms with Crippen LogP contribution in [0.3, 0.4) is 0 Å². The summed E-state index contributed by atoms with van der Waals surface area (Å²) in [6, 6.07) is 8.08. The van der Waals surface area contributed by atoms with Gasteiger partial charge in [0.2, 0.25) is 0 Å². The van der Waals surface area contributed by atoms with Gasteiger partial charge in [-0.25, -0.2) is 19.5 Å². The summed E-state index contributed by atoms with van der Waals surface area (Å²) in [6.07, 6.45) is 11.6. The molecule has 0 saturated heterocycles. The number of hydrogen-bond donors (Lipinski definition) is 0. The largest absolute Gasteiger partial charge is 0.332 e. The van der Waals surface area contributed by atoms with Crippen molar-refractivity contribution >= 4 is 22.6 Å². The molecule has 1 aliphatic rings. The first-order valence-electron chi connectivity index (χ1n) is 12.6. The van der Waals surface area contributed by atoms with Crippen LogP contribution in [0.4, 0.5) is 5.82 Å². The van der Waals surface area contributed by atoms with E-state index in [0.717, 1.165) is 36.1 Å². The van der Waals surface area contributed by atoms with E-state index in [2.05, 4.69) is 27.1 Å². The number of unbranched alkanes of at least 4 members (excludes halogenated alkanes) is 2. The molecule has 4 aromatic rings. The smallest absolute Gasteiger partial charge is 0.278 e. The number of aryl methyl sites for hydroxylation is 1. The lowest BCUT2D eigenvalue weighted by Crippen LogP contribution is -2.41. The van der Waals surface area contributed by atoms with Crippen LogP contribution in [-0.2, 0) is 32.5 Å². The van der Waals surface area contributed by atoms with Gasteiger partial charge in [0.1, 0.15) is 23.6 Å². The minimum Gasteiger partial charge on any atom is -0.278 e. The van der Waals surface area contributed by atoms with E-state index in [1.54, 1.807) is 15.6 Å². The molecule has 10 nitrogen and oxygen atoms in total. The lowest BCUT2D eigenvalue weighted by atomic mass is 10.2. The van der Waals surface area contributed by atoms with E-state index in [1.807, 2.05) is 41.3 Å². The summed E-state index contributed by atoms with van der Waals surface area (Å²) >= 11 is 6.13. The Balaban J connectivity index is 1.23. The van der Waals surface area contributed by atoms with Crippen molar-refractivity contribution in [2.45, 2.75) is 65.1 Å². The number of aromatic nitrogens is 7.